The highest BCUT2D eigenvalue weighted by Crippen LogP contribution is 2.14. The van der Waals surface area contributed by atoms with E-state index in [4.69, 9.17) is 0 Å². The van der Waals surface area contributed by atoms with E-state index in [-0.39, 0.29) is 5.91 Å². The van der Waals surface area contributed by atoms with Gasteiger partial charge in [0.25, 0.3) is 0 Å². The first kappa shape index (κ1) is 17.4. The van der Waals surface area contributed by atoms with E-state index < -0.39 is 6.04 Å². The Morgan fingerprint density at radius 3 is 2.85 bits per heavy atom. The topological polar surface area (TPSA) is 88.5 Å². The van der Waals surface area contributed by atoms with E-state index >= 15 is 0 Å². The number of hydrogen-bond acceptors (Lipinski definition) is 4. The second-order valence-electron chi connectivity index (χ2n) is 5.95. The van der Waals surface area contributed by atoms with Crippen molar-refractivity contribution in [2.75, 3.05) is 0 Å². The molecule has 7 nitrogen and oxygen atoms in total. The number of carbonyl (C=O) groups excluding carboxylic acids is 1. The van der Waals surface area contributed by atoms with Gasteiger partial charge >= 0.3 is 0 Å². The summed E-state index contributed by atoms with van der Waals surface area (Å²) in [7, 11) is 0. The van der Waals surface area contributed by atoms with Crippen molar-refractivity contribution < 1.29 is 4.79 Å². The fraction of sp³-hybridized carbons (Fsp3) is 0.263. The maximum absolute atomic E-state index is 12.2. The van der Waals surface area contributed by atoms with E-state index in [9.17, 15) is 10.1 Å². The Kier molecular flexibility index (Phi) is 5.44. The molecule has 2 heterocycles. The zero-order valence-electron chi connectivity index (χ0n) is 14.5. The first-order valence-corrected chi connectivity index (χ1v) is 8.44. The van der Waals surface area contributed by atoms with Crippen LogP contribution in [0.2, 0.25) is 0 Å². The molecule has 1 unspecified atom stereocenters. The van der Waals surface area contributed by atoms with E-state index in [1.54, 1.807) is 23.3 Å². The highest BCUT2D eigenvalue weighted by molar-refractivity contribution is 5.76. The van der Waals surface area contributed by atoms with E-state index in [0.717, 1.165) is 18.1 Å². The molecule has 1 atom stereocenters. The van der Waals surface area contributed by atoms with Crippen molar-refractivity contribution in [3.63, 3.8) is 0 Å². The number of nitriles is 1. The number of carbonyl (C=O) groups is 1. The van der Waals surface area contributed by atoms with Gasteiger partial charge in [-0.3, -0.25) is 4.79 Å². The van der Waals surface area contributed by atoms with Crippen molar-refractivity contribution in [2.24, 2.45) is 0 Å². The van der Waals surface area contributed by atoms with Gasteiger partial charge in [0.15, 0.2) is 0 Å². The molecule has 0 spiro atoms. The molecule has 26 heavy (non-hydrogen) atoms. The lowest BCUT2D eigenvalue weighted by molar-refractivity contribution is -0.121. The van der Waals surface area contributed by atoms with Crippen LogP contribution in [0.15, 0.2) is 55.1 Å². The number of nitrogens with zero attached hydrogens (tertiary/aromatic N) is 5. The molecule has 1 amide bonds. The largest absolute Gasteiger partial charge is 0.337 e. The van der Waals surface area contributed by atoms with Gasteiger partial charge in [0.1, 0.15) is 11.9 Å². The highest BCUT2D eigenvalue weighted by atomic mass is 16.1. The fourth-order valence-electron chi connectivity index (χ4n) is 2.68. The summed E-state index contributed by atoms with van der Waals surface area (Å²) in [5.41, 5.74) is 1.56. The quantitative estimate of drug-likeness (QED) is 0.710. The van der Waals surface area contributed by atoms with Gasteiger partial charge in [-0.05, 0) is 25.5 Å². The Morgan fingerprint density at radius 1 is 1.35 bits per heavy atom. The normalized spacial score (nSPS) is 11.7. The molecule has 0 aliphatic heterocycles. The SMILES string of the molecule is Cc1nccn1CCCC(=O)NC(C#N)c1cnn(-c2ccccc2)c1. The van der Waals surface area contributed by atoms with Gasteiger partial charge in [0, 0.05) is 37.1 Å². The summed E-state index contributed by atoms with van der Waals surface area (Å²) in [5, 5.41) is 16.4. The number of aromatic nitrogens is 4. The second kappa shape index (κ2) is 8.12. The van der Waals surface area contributed by atoms with Crippen LogP contribution in [0.1, 0.15) is 30.3 Å². The number of benzene rings is 1. The Bertz CT molecular complexity index is 906. The third-order valence-electron chi connectivity index (χ3n) is 4.12. The van der Waals surface area contributed by atoms with Gasteiger partial charge < -0.3 is 9.88 Å². The van der Waals surface area contributed by atoms with Gasteiger partial charge in [-0.25, -0.2) is 9.67 Å². The summed E-state index contributed by atoms with van der Waals surface area (Å²) in [6.07, 6.45) is 8.04. The molecule has 0 saturated heterocycles. The maximum Gasteiger partial charge on any atom is 0.221 e. The van der Waals surface area contributed by atoms with Gasteiger partial charge in [-0.2, -0.15) is 10.4 Å². The molecule has 3 aromatic rings. The molecule has 1 N–H and O–H groups in total. The predicted octanol–water partition coefficient (Wildman–Crippen LogP) is 2.54. The fourth-order valence-corrected chi connectivity index (χ4v) is 2.68. The van der Waals surface area contributed by atoms with Crippen LogP contribution in [-0.2, 0) is 11.3 Å². The van der Waals surface area contributed by atoms with E-state index in [2.05, 4.69) is 21.5 Å². The number of amides is 1. The Labute approximate surface area is 151 Å². The summed E-state index contributed by atoms with van der Waals surface area (Å²) in [6, 6.07) is 11.0. The first-order chi connectivity index (χ1) is 12.7. The summed E-state index contributed by atoms with van der Waals surface area (Å²) in [4.78, 5) is 16.3. The predicted molar refractivity (Wildman–Crippen MR) is 96.3 cm³/mol. The Hall–Kier alpha value is -3.40. The Morgan fingerprint density at radius 2 is 2.15 bits per heavy atom. The van der Waals surface area contributed by atoms with Crippen LogP contribution in [0, 0.1) is 18.3 Å². The number of para-hydroxylation sites is 1. The van der Waals surface area contributed by atoms with Crippen molar-refractivity contribution >= 4 is 5.91 Å². The second-order valence-corrected chi connectivity index (χ2v) is 5.95. The van der Waals surface area contributed by atoms with Crippen LogP contribution in [0.4, 0.5) is 0 Å². The highest BCUT2D eigenvalue weighted by Gasteiger charge is 2.16. The van der Waals surface area contributed by atoms with Gasteiger partial charge in [0.05, 0.1) is 18.0 Å². The van der Waals surface area contributed by atoms with Crippen LogP contribution in [0.5, 0.6) is 0 Å². The van der Waals surface area contributed by atoms with Crippen LogP contribution in [-0.4, -0.2) is 25.2 Å². The lowest BCUT2D eigenvalue weighted by atomic mass is 10.1. The van der Waals surface area contributed by atoms with Crippen molar-refractivity contribution in [2.45, 2.75) is 32.4 Å². The summed E-state index contributed by atoms with van der Waals surface area (Å²) in [6.45, 7) is 2.65. The molecule has 0 aliphatic rings. The number of hydrogen-bond donors (Lipinski definition) is 1. The zero-order valence-corrected chi connectivity index (χ0v) is 14.5. The average molecular weight is 348 g/mol. The minimum atomic E-state index is -0.713. The standard InChI is InChI=1S/C19H20N6O/c1-15-21-9-11-24(15)10-5-8-19(26)23-18(12-20)16-13-22-25(14-16)17-6-3-2-4-7-17/h2-4,6-7,9,11,13-14,18H,5,8,10H2,1H3,(H,23,26). The molecular weight excluding hydrogens is 328 g/mol. The summed E-state index contributed by atoms with van der Waals surface area (Å²) < 4.78 is 3.69. The van der Waals surface area contributed by atoms with Crippen LogP contribution in [0.25, 0.3) is 5.69 Å². The smallest absolute Gasteiger partial charge is 0.221 e. The molecule has 0 saturated carbocycles. The van der Waals surface area contributed by atoms with Crippen LogP contribution in [0.3, 0.4) is 0 Å². The van der Waals surface area contributed by atoms with Crippen molar-refractivity contribution in [1.29, 1.82) is 5.26 Å². The lowest BCUT2D eigenvalue weighted by Gasteiger charge is -2.10. The summed E-state index contributed by atoms with van der Waals surface area (Å²) >= 11 is 0. The number of rotatable bonds is 7. The molecule has 0 aliphatic carbocycles. The van der Waals surface area contributed by atoms with Gasteiger partial charge in [-0.1, -0.05) is 18.2 Å². The third kappa shape index (κ3) is 4.16. The summed E-state index contributed by atoms with van der Waals surface area (Å²) in [5.74, 6) is 0.774. The molecule has 3 rings (SSSR count). The van der Waals surface area contributed by atoms with Crippen LogP contribution >= 0.6 is 0 Å². The zero-order chi connectivity index (χ0) is 18.4. The molecule has 2 aromatic heterocycles. The van der Waals surface area contributed by atoms with E-state index in [1.807, 2.05) is 48.0 Å². The van der Waals surface area contributed by atoms with Crippen molar-refractivity contribution in [1.82, 2.24) is 24.6 Å². The molecule has 0 radical (unpaired) electrons. The van der Waals surface area contributed by atoms with Gasteiger partial charge in [0.2, 0.25) is 5.91 Å². The number of nitrogens with one attached hydrogen (secondary N) is 1. The molecule has 7 heteroatoms. The Balaban J connectivity index is 1.56. The minimum Gasteiger partial charge on any atom is -0.337 e. The molecule has 1 aromatic carbocycles. The van der Waals surface area contributed by atoms with E-state index in [1.165, 1.54) is 0 Å². The molecule has 0 fully saturated rings. The average Bonchev–Trinajstić information content (AvgIpc) is 3.30. The molecular formula is C19H20N6O. The first-order valence-electron chi connectivity index (χ1n) is 8.44. The maximum atomic E-state index is 12.2. The van der Waals surface area contributed by atoms with E-state index in [0.29, 0.717) is 18.4 Å². The van der Waals surface area contributed by atoms with Crippen molar-refractivity contribution in [3.05, 3.63) is 66.5 Å². The lowest BCUT2D eigenvalue weighted by Crippen LogP contribution is -2.27. The minimum absolute atomic E-state index is 0.151. The monoisotopic (exact) mass is 348 g/mol. The van der Waals surface area contributed by atoms with Gasteiger partial charge in [-0.15, -0.1) is 0 Å². The van der Waals surface area contributed by atoms with Crippen LogP contribution < -0.4 is 5.32 Å². The molecule has 132 valence electrons. The van der Waals surface area contributed by atoms with Crippen molar-refractivity contribution in [3.8, 4) is 11.8 Å². The number of aryl methyl sites for hydroxylation is 2. The molecule has 0 bridgehead atoms. The third-order valence-corrected chi connectivity index (χ3v) is 4.12. The number of imidazole rings is 1.